The van der Waals surface area contributed by atoms with Crippen molar-refractivity contribution in [2.24, 2.45) is 7.05 Å². The number of benzene rings is 1. The van der Waals surface area contributed by atoms with Crippen LogP contribution in [0.1, 0.15) is 71.1 Å². The third kappa shape index (κ3) is 4.52. The Kier molecular flexibility index (Phi) is 6.29. The minimum Gasteiger partial charge on any atom is -0.344 e. The van der Waals surface area contributed by atoms with E-state index >= 15 is 0 Å². The van der Waals surface area contributed by atoms with Gasteiger partial charge in [0.1, 0.15) is 0 Å². The zero-order chi connectivity index (χ0) is 22.9. The summed E-state index contributed by atoms with van der Waals surface area (Å²) in [6.07, 6.45) is 4.76. The number of anilines is 1. The van der Waals surface area contributed by atoms with Gasteiger partial charge in [-0.25, -0.2) is 8.78 Å². The van der Waals surface area contributed by atoms with Crippen molar-refractivity contribution in [1.82, 2.24) is 9.88 Å². The number of hydrogen-bond donors (Lipinski definition) is 2. The molecule has 2 aromatic rings. The molecule has 0 unspecified atom stereocenters. The quantitative estimate of drug-likeness (QED) is 0.550. The molecule has 1 aliphatic rings. The second-order valence-electron chi connectivity index (χ2n) is 8.48. The lowest BCUT2D eigenvalue weighted by atomic mass is 9.83. The smallest absolute Gasteiger partial charge is 0.294 e. The Hall–Kier alpha value is -3.03. The van der Waals surface area contributed by atoms with Crippen molar-refractivity contribution in [3.8, 4) is 0 Å². The van der Waals surface area contributed by atoms with Crippen molar-refractivity contribution in [3.63, 3.8) is 0 Å². The van der Waals surface area contributed by atoms with E-state index in [4.69, 9.17) is 0 Å². The second-order valence-corrected chi connectivity index (χ2v) is 8.48. The molecule has 8 heteroatoms. The van der Waals surface area contributed by atoms with Gasteiger partial charge < -0.3 is 15.2 Å². The van der Waals surface area contributed by atoms with E-state index < -0.39 is 34.8 Å². The standard InChI is InChI=1S/C23H27F2N3O3/c1-13-18(21(30)26-15-8-9-16(24)17(25)12-15)14(2)28(4)19(13)20(29)22(31)27-23(3)10-6-5-7-11-23/h8-9,12H,5-7,10-11H2,1-4H3,(H,26,30)(H,27,31). The largest absolute Gasteiger partial charge is 0.344 e. The Bertz CT molecular complexity index is 1050. The molecular weight excluding hydrogens is 404 g/mol. The minimum absolute atomic E-state index is 0.0856. The normalized spacial score (nSPS) is 15.4. The molecule has 1 aromatic carbocycles. The van der Waals surface area contributed by atoms with Gasteiger partial charge in [0, 0.05) is 30.0 Å². The van der Waals surface area contributed by atoms with Crippen LogP contribution in [0.2, 0.25) is 0 Å². The van der Waals surface area contributed by atoms with Gasteiger partial charge in [-0.15, -0.1) is 0 Å². The van der Waals surface area contributed by atoms with Crippen molar-refractivity contribution in [2.45, 2.75) is 58.4 Å². The number of aromatic nitrogens is 1. The van der Waals surface area contributed by atoms with Gasteiger partial charge in [-0.3, -0.25) is 14.4 Å². The first-order chi connectivity index (χ1) is 14.5. The molecule has 1 saturated carbocycles. The van der Waals surface area contributed by atoms with Crippen LogP contribution in [0.3, 0.4) is 0 Å². The summed E-state index contributed by atoms with van der Waals surface area (Å²) in [5, 5.41) is 5.40. The maximum Gasteiger partial charge on any atom is 0.294 e. The van der Waals surface area contributed by atoms with E-state index in [9.17, 15) is 23.2 Å². The van der Waals surface area contributed by atoms with Gasteiger partial charge in [-0.05, 0) is 51.3 Å². The van der Waals surface area contributed by atoms with Crippen molar-refractivity contribution < 1.29 is 23.2 Å². The number of amides is 2. The molecule has 31 heavy (non-hydrogen) atoms. The Morgan fingerprint density at radius 3 is 2.29 bits per heavy atom. The average Bonchev–Trinajstić information content (AvgIpc) is 2.93. The number of rotatable bonds is 5. The monoisotopic (exact) mass is 431 g/mol. The molecule has 1 heterocycles. The summed E-state index contributed by atoms with van der Waals surface area (Å²) >= 11 is 0. The third-order valence-corrected chi connectivity index (χ3v) is 6.13. The van der Waals surface area contributed by atoms with Crippen LogP contribution in [0.5, 0.6) is 0 Å². The number of carbonyl (C=O) groups excluding carboxylic acids is 3. The summed E-state index contributed by atoms with van der Waals surface area (Å²) < 4.78 is 28.1. The highest BCUT2D eigenvalue weighted by molar-refractivity contribution is 6.43. The Balaban J connectivity index is 1.85. The fourth-order valence-electron chi connectivity index (χ4n) is 4.30. The molecule has 0 spiro atoms. The van der Waals surface area contributed by atoms with Gasteiger partial charge in [0.05, 0.1) is 11.3 Å². The number of ketones is 1. The highest BCUT2D eigenvalue weighted by atomic mass is 19.2. The van der Waals surface area contributed by atoms with Gasteiger partial charge in [0.15, 0.2) is 11.6 Å². The first-order valence-electron chi connectivity index (χ1n) is 10.3. The summed E-state index contributed by atoms with van der Waals surface area (Å²) in [6.45, 7) is 5.20. The lowest BCUT2D eigenvalue weighted by Gasteiger charge is -2.34. The molecule has 2 N–H and O–H groups in total. The topological polar surface area (TPSA) is 80.2 Å². The predicted octanol–water partition coefficient (Wildman–Crippen LogP) is 4.19. The van der Waals surface area contributed by atoms with Crippen molar-refractivity contribution in [3.05, 3.63) is 52.3 Å². The molecule has 0 atom stereocenters. The number of Topliss-reactive ketones (excluding diaryl/α,β-unsaturated/α-hetero) is 1. The second kappa shape index (κ2) is 8.61. The summed E-state index contributed by atoms with van der Waals surface area (Å²) in [5.41, 5.74) is 0.859. The molecule has 0 bridgehead atoms. The molecule has 0 aliphatic heterocycles. The maximum absolute atomic E-state index is 13.5. The molecule has 0 radical (unpaired) electrons. The van der Waals surface area contributed by atoms with Gasteiger partial charge in [-0.2, -0.15) is 0 Å². The molecule has 0 saturated heterocycles. The van der Waals surface area contributed by atoms with Crippen LogP contribution in [0.25, 0.3) is 0 Å². The Morgan fingerprint density at radius 1 is 1.03 bits per heavy atom. The summed E-state index contributed by atoms with van der Waals surface area (Å²) in [6, 6.07) is 3.04. The first kappa shape index (κ1) is 22.7. The van der Waals surface area contributed by atoms with Crippen molar-refractivity contribution >= 4 is 23.3 Å². The highest BCUT2D eigenvalue weighted by Gasteiger charge is 2.34. The van der Waals surface area contributed by atoms with Crippen LogP contribution in [0.4, 0.5) is 14.5 Å². The third-order valence-electron chi connectivity index (χ3n) is 6.13. The molecule has 1 aromatic heterocycles. The van der Waals surface area contributed by atoms with E-state index in [0.29, 0.717) is 11.3 Å². The van der Waals surface area contributed by atoms with Gasteiger partial charge in [0.25, 0.3) is 17.6 Å². The van der Waals surface area contributed by atoms with Crippen LogP contribution >= 0.6 is 0 Å². The van der Waals surface area contributed by atoms with E-state index in [1.165, 1.54) is 10.6 Å². The first-order valence-corrected chi connectivity index (χ1v) is 10.3. The average molecular weight is 431 g/mol. The van der Waals surface area contributed by atoms with Crippen LogP contribution < -0.4 is 10.6 Å². The summed E-state index contributed by atoms with van der Waals surface area (Å²) in [7, 11) is 1.61. The van der Waals surface area contributed by atoms with Crippen molar-refractivity contribution in [1.29, 1.82) is 0 Å². The molecular formula is C23H27F2N3O3. The number of hydrogen-bond acceptors (Lipinski definition) is 3. The van der Waals surface area contributed by atoms with Gasteiger partial charge >= 0.3 is 0 Å². The highest BCUT2D eigenvalue weighted by Crippen LogP contribution is 2.28. The fraction of sp³-hybridized carbons (Fsp3) is 0.435. The van der Waals surface area contributed by atoms with E-state index in [2.05, 4.69) is 10.6 Å². The van der Waals surface area contributed by atoms with Gasteiger partial charge in [0.2, 0.25) is 0 Å². The van der Waals surface area contributed by atoms with Crippen LogP contribution in [-0.2, 0) is 11.8 Å². The van der Waals surface area contributed by atoms with E-state index in [-0.39, 0.29) is 16.9 Å². The molecule has 1 fully saturated rings. The summed E-state index contributed by atoms with van der Waals surface area (Å²) in [4.78, 5) is 38.5. The molecule has 3 rings (SSSR count). The Labute approximate surface area is 180 Å². The zero-order valence-electron chi connectivity index (χ0n) is 18.2. The van der Waals surface area contributed by atoms with Crippen LogP contribution in [-0.4, -0.2) is 27.7 Å². The Morgan fingerprint density at radius 2 is 1.68 bits per heavy atom. The molecule has 2 amide bonds. The van der Waals surface area contributed by atoms with Gasteiger partial charge in [-0.1, -0.05) is 19.3 Å². The van der Waals surface area contributed by atoms with Crippen LogP contribution in [0.15, 0.2) is 18.2 Å². The lowest BCUT2D eigenvalue weighted by Crippen LogP contribution is -2.50. The zero-order valence-corrected chi connectivity index (χ0v) is 18.2. The van der Waals surface area contributed by atoms with E-state index in [1.807, 2.05) is 6.92 Å². The molecule has 166 valence electrons. The van der Waals surface area contributed by atoms with Crippen molar-refractivity contribution in [2.75, 3.05) is 5.32 Å². The van der Waals surface area contributed by atoms with E-state index in [1.54, 1.807) is 20.9 Å². The lowest BCUT2D eigenvalue weighted by molar-refractivity contribution is -0.119. The van der Waals surface area contributed by atoms with E-state index in [0.717, 1.165) is 44.2 Å². The molecule has 6 nitrogen and oxygen atoms in total. The van der Waals surface area contributed by atoms with Crippen LogP contribution in [0, 0.1) is 25.5 Å². The number of nitrogens with zero attached hydrogens (tertiary/aromatic N) is 1. The molecule has 1 aliphatic carbocycles. The maximum atomic E-state index is 13.5. The number of nitrogens with one attached hydrogen (secondary N) is 2. The SMILES string of the molecule is Cc1c(C(=O)Nc2ccc(F)c(F)c2)c(C)n(C)c1C(=O)C(=O)NC1(C)CCCCC1. The minimum atomic E-state index is -1.08. The number of carbonyl (C=O) groups is 3. The fourth-order valence-corrected chi connectivity index (χ4v) is 4.30. The number of halogens is 2. The predicted molar refractivity (Wildman–Crippen MR) is 113 cm³/mol. The summed E-state index contributed by atoms with van der Waals surface area (Å²) in [5.74, 6) is -4.07.